The highest BCUT2D eigenvalue weighted by atomic mass is 32.1. The molecule has 30 heavy (non-hydrogen) atoms. The smallest absolute Gasteiger partial charge is 0.416 e. The van der Waals surface area contributed by atoms with Gasteiger partial charge in [0, 0.05) is 44.5 Å². The van der Waals surface area contributed by atoms with E-state index in [9.17, 15) is 13.2 Å². The number of H-pyrrole nitrogens is 2. The van der Waals surface area contributed by atoms with Crippen LogP contribution in [0.25, 0.3) is 11.0 Å². The molecule has 0 radical (unpaired) electrons. The summed E-state index contributed by atoms with van der Waals surface area (Å²) in [5.41, 5.74) is 1.90. The third-order valence-electron chi connectivity index (χ3n) is 5.29. The van der Waals surface area contributed by atoms with Crippen molar-refractivity contribution in [2.45, 2.75) is 12.6 Å². The number of benzene rings is 2. The molecule has 5 nitrogen and oxygen atoms in total. The molecule has 160 valence electrons. The molecule has 1 aromatic heterocycles. The van der Waals surface area contributed by atoms with Crippen molar-refractivity contribution in [2.24, 2.45) is 0 Å². The molecule has 0 aliphatic carbocycles. The van der Waals surface area contributed by atoms with Crippen molar-refractivity contribution < 1.29 is 17.9 Å². The number of rotatable bonds is 6. The number of alkyl halides is 3. The second kappa shape index (κ2) is 8.69. The Balaban J connectivity index is 1.22. The van der Waals surface area contributed by atoms with Crippen LogP contribution in [0.3, 0.4) is 0 Å². The van der Waals surface area contributed by atoms with Crippen LogP contribution in [0.4, 0.5) is 18.9 Å². The van der Waals surface area contributed by atoms with Gasteiger partial charge in [-0.25, -0.2) is 0 Å². The summed E-state index contributed by atoms with van der Waals surface area (Å²) in [5, 5.41) is 0. The number of hydrogen-bond acceptors (Lipinski definition) is 4. The van der Waals surface area contributed by atoms with Crippen LogP contribution in [0.5, 0.6) is 5.75 Å². The van der Waals surface area contributed by atoms with Crippen molar-refractivity contribution in [3.8, 4) is 5.75 Å². The SMILES string of the molecule is FC(F)(F)c1cccc(N2CCN(CCCOc3ccc4[nH]c(=S)[nH]c4c3)CC2)c1. The first-order valence-corrected chi connectivity index (χ1v) is 10.3. The van der Waals surface area contributed by atoms with Gasteiger partial charge in [-0.2, -0.15) is 13.2 Å². The van der Waals surface area contributed by atoms with Gasteiger partial charge in [-0.05, 0) is 49.0 Å². The number of aromatic nitrogens is 2. The van der Waals surface area contributed by atoms with E-state index in [0.29, 0.717) is 30.2 Å². The minimum absolute atomic E-state index is 0.589. The fourth-order valence-electron chi connectivity index (χ4n) is 3.69. The molecule has 3 aromatic rings. The summed E-state index contributed by atoms with van der Waals surface area (Å²) < 4.78 is 45.2. The second-order valence-electron chi connectivity index (χ2n) is 7.37. The molecule has 0 bridgehead atoms. The quantitative estimate of drug-likeness (QED) is 0.429. The summed E-state index contributed by atoms with van der Waals surface area (Å²) in [7, 11) is 0. The molecule has 1 aliphatic heterocycles. The van der Waals surface area contributed by atoms with Crippen LogP contribution in [0.2, 0.25) is 0 Å². The zero-order chi connectivity index (χ0) is 21.1. The first-order chi connectivity index (χ1) is 14.4. The summed E-state index contributed by atoms with van der Waals surface area (Å²) in [6.07, 6.45) is -3.43. The Morgan fingerprint density at radius 1 is 0.967 bits per heavy atom. The van der Waals surface area contributed by atoms with Crippen LogP contribution >= 0.6 is 12.2 Å². The van der Waals surface area contributed by atoms with E-state index in [4.69, 9.17) is 17.0 Å². The molecule has 0 amide bonds. The van der Waals surface area contributed by atoms with Gasteiger partial charge in [-0.3, -0.25) is 4.90 Å². The van der Waals surface area contributed by atoms with E-state index in [0.717, 1.165) is 48.9 Å². The van der Waals surface area contributed by atoms with Gasteiger partial charge in [0.2, 0.25) is 0 Å². The van der Waals surface area contributed by atoms with Crippen LogP contribution in [-0.2, 0) is 6.18 Å². The van der Waals surface area contributed by atoms with Gasteiger partial charge in [0.25, 0.3) is 0 Å². The lowest BCUT2D eigenvalue weighted by Gasteiger charge is -2.36. The molecule has 0 saturated carbocycles. The van der Waals surface area contributed by atoms with Crippen molar-refractivity contribution in [3.63, 3.8) is 0 Å². The maximum absolute atomic E-state index is 12.9. The zero-order valence-electron chi connectivity index (χ0n) is 16.3. The summed E-state index contributed by atoms with van der Waals surface area (Å²) in [5.74, 6) is 0.794. The highest BCUT2D eigenvalue weighted by Crippen LogP contribution is 2.31. The number of fused-ring (bicyclic) bond motifs is 1. The third-order valence-corrected chi connectivity index (χ3v) is 5.49. The minimum atomic E-state index is -4.31. The topological polar surface area (TPSA) is 47.3 Å². The summed E-state index contributed by atoms with van der Waals surface area (Å²) in [4.78, 5) is 10.5. The molecular formula is C21H23F3N4OS. The van der Waals surface area contributed by atoms with Crippen LogP contribution in [0, 0.1) is 4.77 Å². The van der Waals surface area contributed by atoms with Crippen molar-refractivity contribution in [3.05, 3.63) is 52.8 Å². The fraction of sp³-hybridized carbons (Fsp3) is 0.381. The van der Waals surface area contributed by atoms with E-state index < -0.39 is 11.7 Å². The molecule has 2 heterocycles. The lowest BCUT2D eigenvalue weighted by molar-refractivity contribution is -0.137. The number of ether oxygens (including phenoxy) is 1. The Kier molecular flexibility index (Phi) is 6.01. The largest absolute Gasteiger partial charge is 0.493 e. The van der Waals surface area contributed by atoms with Crippen molar-refractivity contribution in [1.29, 1.82) is 0 Å². The monoisotopic (exact) mass is 436 g/mol. The normalized spacial score (nSPS) is 15.6. The molecule has 0 spiro atoms. The third kappa shape index (κ3) is 4.96. The van der Waals surface area contributed by atoms with Gasteiger partial charge >= 0.3 is 6.18 Å². The number of halogens is 3. The van der Waals surface area contributed by atoms with Crippen LogP contribution in [0.15, 0.2) is 42.5 Å². The predicted molar refractivity (Wildman–Crippen MR) is 114 cm³/mol. The van der Waals surface area contributed by atoms with E-state index >= 15 is 0 Å². The van der Waals surface area contributed by atoms with Crippen LogP contribution in [0.1, 0.15) is 12.0 Å². The second-order valence-corrected chi connectivity index (χ2v) is 7.77. The van der Waals surface area contributed by atoms with Gasteiger partial charge in [-0.15, -0.1) is 0 Å². The molecule has 9 heteroatoms. The van der Waals surface area contributed by atoms with E-state index in [1.54, 1.807) is 6.07 Å². The lowest BCUT2D eigenvalue weighted by atomic mass is 10.1. The predicted octanol–water partition coefficient (Wildman–Crippen LogP) is 4.84. The Morgan fingerprint density at radius 3 is 2.50 bits per heavy atom. The summed E-state index contributed by atoms with van der Waals surface area (Å²) in [6, 6.07) is 11.3. The van der Waals surface area contributed by atoms with Gasteiger partial charge in [0.05, 0.1) is 23.2 Å². The maximum Gasteiger partial charge on any atom is 0.416 e. The Bertz CT molecular complexity index is 1050. The highest BCUT2D eigenvalue weighted by molar-refractivity contribution is 7.71. The molecule has 2 N–H and O–H groups in total. The van der Waals surface area contributed by atoms with Gasteiger partial charge in [0.15, 0.2) is 4.77 Å². The minimum Gasteiger partial charge on any atom is -0.493 e. The van der Waals surface area contributed by atoms with E-state index in [1.807, 2.05) is 23.1 Å². The number of aromatic amines is 2. The molecular weight excluding hydrogens is 413 g/mol. The van der Waals surface area contributed by atoms with E-state index in [2.05, 4.69) is 14.9 Å². The summed E-state index contributed by atoms with van der Waals surface area (Å²) >= 11 is 5.09. The van der Waals surface area contributed by atoms with Gasteiger partial charge in [-0.1, -0.05) is 6.07 Å². The molecule has 2 aromatic carbocycles. The lowest BCUT2D eigenvalue weighted by Crippen LogP contribution is -2.46. The van der Waals surface area contributed by atoms with E-state index in [-0.39, 0.29) is 0 Å². The average Bonchev–Trinajstić information content (AvgIpc) is 3.10. The standard InChI is InChI=1S/C21H23F3N4OS/c22-21(23,24)15-3-1-4-16(13-15)28-10-8-27(9-11-28)7-2-12-29-17-5-6-18-19(14-17)26-20(30)25-18/h1,3-6,13-14H,2,7-12H2,(H2,25,26,30). The first kappa shape index (κ1) is 20.7. The molecule has 1 aliphatic rings. The molecule has 1 fully saturated rings. The Hall–Kier alpha value is -2.52. The number of hydrogen-bond donors (Lipinski definition) is 2. The van der Waals surface area contributed by atoms with Crippen LogP contribution < -0.4 is 9.64 Å². The Morgan fingerprint density at radius 2 is 1.73 bits per heavy atom. The number of imidazole rings is 1. The van der Waals surface area contributed by atoms with Crippen LogP contribution in [-0.4, -0.2) is 54.2 Å². The number of anilines is 1. The number of nitrogens with one attached hydrogen (secondary N) is 2. The average molecular weight is 437 g/mol. The molecule has 1 saturated heterocycles. The number of nitrogens with zero attached hydrogens (tertiary/aromatic N) is 2. The zero-order valence-corrected chi connectivity index (χ0v) is 17.2. The molecule has 0 atom stereocenters. The molecule has 4 rings (SSSR count). The van der Waals surface area contributed by atoms with Gasteiger partial charge < -0.3 is 19.6 Å². The number of piperazine rings is 1. The maximum atomic E-state index is 12.9. The Labute approximate surface area is 177 Å². The van der Waals surface area contributed by atoms with Gasteiger partial charge in [0.1, 0.15) is 5.75 Å². The van der Waals surface area contributed by atoms with Crippen molar-refractivity contribution in [1.82, 2.24) is 14.9 Å². The van der Waals surface area contributed by atoms with Crippen molar-refractivity contribution >= 4 is 28.9 Å². The highest BCUT2D eigenvalue weighted by Gasteiger charge is 2.31. The van der Waals surface area contributed by atoms with E-state index in [1.165, 1.54) is 12.1 Å². The fourth-order valence-corrected chi connectivity index (χ4v) is 3.91. The molecule has 0 unspecified atom stereocenters. The summed E-state index contributed by atoms with van der Waals surface area (Å²) in [6.45, 7) is 4.57. The van der Waals surface area contributed by atoms with Crippen molar-refractivity contribution in [2.75, 3.05) is 44.2 Å². The first-order valence-electron chi connectivity index (χ1n) is 9.88.